The molecule has 1 aromatic heterocycles. The summed E-state index contributed by atoms with van der Waals surface area (Å²) in [6, 6.07) is 9.59. The first kappa shape index (κ1) is 23.3. The molecule has 7 nitrogen and oxygen atoms in total. The molecule has 30 heavy (non-hydrogen) atoms. The van der Waals surface area contributed by atoms with Crippen LogP contribution in [-0.4, -0.2) is 53.9 Å². The number of ether oxygens (including phenoxy) is 2. The van der Waals surface area contributed by atoms with Crippen LogP contribution >= 0.6 is 0 Å². The van der Waals surface area contributed by atoms with E-state index in [-0.39, 0.29) is 24.8 Å². The number of hydrogen-bond donors (Lipinski definition) is 0. The second-order valence-corrected chi connectivity index (χ2v) is 6.98. The number of carbonyl (C=O) groups is 3. The number of amides is 1. The number of aromatic nitrogens is 1. The lowest BCUT2D eigenvalue weighted by Gasteiger charge is -2.20. The molecule has 162 valence electrons. The summed E-state index contributed by atoms with van der Waals surface area (Å²) < 4.78 is 12.2. The van der Waals surface area contributed by atoms with E-state index in [0.29, 0.717) is 42.2 Å². The number of benzene rings is 1. The van der Waals surface area contributed by atoms with Gasteiger partial charge in [0.05, 0.1) is 20.3 Å². The van der Waals surface area contributed by atoms with E-state index >= 15 is 0 Å². The average Bonchev–Trinajstić information content (AvgIpc) is 3.01. The Hall–Kier alpha value is -2.93. The molecule has 0 unspecified atom stereocenters. The average molecular weight is 415 g/mol. The highest BCUT2D eigenvalue weighted by molar-refractivity contribution is 6.04. The van der Waals surface area contributed by atoms with Crippen LogP contribution in [0.2, 0.25) is 0 Å². The highest BCUT2D eigenvalue weighted by atomic mass is 16.5. The molecular formula is C23H30N2O5. The largest absolute Gasteiger partial charge is 0.464 e. The fraction of sp³-hybridized carbons (Fsp3) is 0.435. The van der Waals surface area contributed by atoms with Gasteiger partial charge >= 0.3 is 5.97 Å². The van der Waals surface area contributed by atoms with Crippen molar-refractivity contribution < 1.29 is 23.9 Å². The van der Waals surface area contributed by atoms with Crippen molar-refractivity contribution in [2.24, 2.45) is 0 Å². The van der Waals surface area contributed by atoms with Gasteiger partial charge in [-0.1, -0.05) is 30.3 Å². The lowest BCUT2D eigenvalue weighted by Crippen LogP contribution is -2.38. The van der Waals surface area contributed by atoms with Gasteiger partial charge in [-0.2, -0.15) is 0 Å². The van der Waals surface area contributed by atoms with Crippen LogP contribution < -0.4 is 0 Å². The van der Waals surface area contributed by atoms with E-state index in [1.54, 1.807) is 18.4 Å². The van der Waals surface area contributed by atoms with Crippen molar-refractivity contribution in [1.29, 1.82) is 0 Å². The van der Waals surface area contributed by atoms with Crippen LogP contribution in [0.25, 0.3) is 0 Å². The molecule has 1 heterocycles. The minimum absolute atomic E-state index is 0.0694. The van der Waals surface area contributed by atoms with Gasteiger partial charge in [0.25, 0.3) is 0 Å². The molecule has 0 radical (unpaired) electrons. The summed E-state index contributed by atoms with van der Waals surface area (Å²) in [5, 5.41) is 0. The predicted octanol–water partition coefficient (Wildman–Crippen LogP) is 3.16. The number of nitrogens with zero attached hydrogens (tertiary/aromatic N) is 2. The first-order valence-electron chi connectivity index (χ1n) is 10.1. The summed E-state index contributed by atoms with van der Waals surface area (Å²) in [7, 11) is 1.32. The predicted molar refractivity (Wildman–Crippen MR) is 114 cm³/mol. The van der Waals surface area contributed by atoms with Crippen molar-refractivity contribution in [3.8, 4) is 0 Å². The molecule has 0 aliphatic rings. The van der Waals surface area contributed by atoms with Crippen molar-refractivity contribution in [2.75, 3.05) is 26.8 Å². The number of rotatable bonds is 10. The zero-order valence-corrected chi connectivity index (χ0v) is 18.4. The summed E-state index contributed by atoms with van der Waals surface area (Å²) in [5.41, 5.74) is 3.10. The second-order valence-electron chi connectivity index (χ2n) is 6.98. The third-order valence-electron chi connectivity index (χ3n) is 5.15. The second kappa shape index (κ2) is 10.7. The molecular weight excluding hydrogens is 384 g/mol. The molecule has 0 atom stereocenters. The molecule has 2 aromatic rings. The molecule has 0 saturated carbocycles. The summed E-state index contributed by atoms with van der Waals surface area (Å²) in [5.74, 6) is -0.935. The quantitative estimate of drug-likeness (QED) is 0.441. The third kappa shape index (κ3) is 5.16. The van der Waals surface area contributed by atoms with Crippen molar-refractivity contribution in [3.05, 3.63) is 58.4 Å². The van der Waals surface area contributed by atoms with Gasteiger partial charge in [-0.25, -0.2) is 4.79 Å². The van der Waals surface area contributed by atoms with Gasteiger partial charge in [0.1, 0.15) is 12.3 Å². The van der Waals surface area contributed by atoms with Gasteiger partial charge in [0.2, 0.25) is 5.91 Å². The Bertz CT molecular complexity index is 902. The highest BCUT2D eigenvalue weighted by Gasteiger charge is 2.27. The Morgan fingerprint density at radius 1 is 1.07 bits per heavy atom. The van der Waals surface area contributed by atoms with E-state index in [1.165, 1.54) is 12.0 Å². The number of carbonyl (C=O) groups excluding carboxylic acids is 3. The van der Waals surface area contributed by atoms with Crippen LogP contribution in [0.5, 0.6) is 0 Å². The Labute approximate surface area is 177 Å². The monoisotopic (exact) mass is 414 g/mol. The lowest BCUT2D eigenvalue weighted by molar-refractivity contribution is -0.135. The van der Waals surface area contributed by atoms with E-state index in [1.807, 2.05) is 44.2 Å². The number of likely N-dealkylation sites (N-methyl/N-ethyl adjacent to an activating group) is 1. The number of methoxy groups -OCH3 is 1. The summed E-state index contributed by atoms with van der Waals surface area (Å²) in [4.78, 5) is 39.3. The van der Waals surface area contributed by atoms with Crippen molar-refractivity contribution >= 4 is 17.7 Å². The van der Waals surface area contributed by atoms with Crippen molar-refractivity contribution in [2.45, 2.75) is 40.8 Å². The zero-order valence-electron chi connectivity index (χ0n) is 18.4. The summed E-state index contributed by atoms with van der Waals surface area (Å²) in [6.07, 6.45) is 0. The number of hydrogen-bond acceptors (Lipinski definition) is 5. The Morgan fingerprint density at radius 2 is 1.73 bits per heavy atom. The maximum absolute atomic E-state index is 13.0. The van der Waals surface area contributed by atoms with Gasteiger partial charge < -0.3 is 18.9 Å². The molecule has 2 rings (SSSR count). The number of esters is 1. The standard InChI is InChI=1S/C23H30N2O5/c1-6-24(20(27)15-30-14-18-11-9-8-10-12-18)13-19(26)21-16(3)22(23(28)29-5)25(7-2)17(21)4/h8-12H,6-7,13-15H2,1-5H3. The fourth-order valence-corrected chi connectivity index (χ4v) is 3.61. The first-order valence-corrected chi connectivity index (χ1v) is 10.1. The SMILES string of the molecule is CCN(CC(=O)c1c(C)c(C(=O)OC)n(CC)c1C)C(=O)COCc1ccccc1. The fourth-order valence-electron chi connectivity index (χ4n) is 3.61. The maximum Gasteiger partial charge on any atom is 0.354 e. The molecule has 0 spiro atoms. The Balaban J connectivity index is 2.10. The smallest absolute Gasteiger partial charge is 0.354 e. The van der Waals surface area contributed by atoms with Gasteiger partial charge in [-0.05, 0) is 38.8 Å². The molecule has 7 heteroatoms. The zero-order chi connectivity index (χ0) is 22.3. The molecule has 0 saturated heterocycles. The first-order chi connectivity index (χ1) is 14.3. The van der Waals surface area contributed by atoms with Crippen LogP contribution in [0.15, 0.2) is 30.3 Å². The van der Waals surface area contributed by atoms with E-state index in [9.17, 15) is 14.4 Å². The molecule has 1 aromatic carbocycles. The molecule has 0 fully saturated rings. The Kier molecular flexibility index (Phi) is 8.35. The van der Waals surface area contributed by atoms with Crippen LogP contribution in [-0.2, 0) is 27.4 Å². The summed E-state index contributed by atoms with van der Waals surface area (Å²) >= 11 is 0. The Morgan fingerprint density at radius 3 is 2.30 bits per heavy atom. The molecule has 1 amide bonds. The third-order valence-corrected chi connectivity index (χ3v) is 5.15. The van der Waals surface area contributed by atoms with E-state index in [0.717, 1.165) is 5.56 Å². The van der Waals surface area contributed by atoms with E-state index in [2.05, 4.69) is 0 Å². The lowest BCUT2D eigenvalue weighted by atomic mass is 10.1. The van der Waals surface area contributed by atoms with Crippen molar-refractivity contribution in [3.63, 3.8) is 0 Å². The number of ketones is 1. The van der Waals surface area contributed by atoms with Crippen LogP contribution in [0.1, 0.15) is 51.5 Å². The van der Waals surface area contributed by atoms with Crippen LogP contribution in [0.3, 0.4) is 0 Å². The van der Waals surface area contributed by atoms with Gasteiger partial charge in [0.15, 0.2) is 5.78 Å². The van der Waals surface area contributed by atoms with Gasteiger partial charge in [-0.15, -0.1) is 0 Å². The number of Topliss-reactive ketones (excluding diaryl/α,β-unsaturated/α-hetero) is 1. The molecule has 0 aliphatic heterocycles. The summed E-state index contributed by atoms with van der Waals surface area (Å²) in [6.45, 7) is 8.34. The van der Waals surface area contributed by atoms with Crippen molar-refractivity contribution in [1.82, 2.24) is 9.47 Å². The van der Waals surface area contributed by atoms with E-state index in [4.69, 9.17) is 9.47 Å². The van der Waals surface area contributed by atoms with Crippen LogP contribution in [0, 0.1) is 13.8 Å². The van der Waals surface area contributed by atoms with E-state index < -0.39 is 5.97 Å². The minimum atomic E-state index is -0.478. The topological polar surface area (TPSA) is 77.8 Å². The highest BCUT2D eigenvalue weighted by Crippen LogP contribution is 2.24. The maximum atomic E-state index is 13.0. The normalized spacial score (nSPS) is 10.7. The van der Waals surface area contributed by atoms with Gasteiger partial charge in [-0.3, -0.25) is 9.59 Å². The molecule has 0 N–H and O–H groups in total. The molecule has 0 aliphatic carbocycles. The molecule has 0 bridgehead atoms. The van der Waals surface area contributed by atoms with Crippen LogP contribution in [0.4, 0.5) is 0 Å². The minimum Gasteiger partial charge on any atom is -0.464 e. The van der Waals surface area contributed by atoms with Gasteiger partial charge in [0, 0.05) is 24.3 Å².